The minimum Gasteiger partial charge on any atom is -0.341 e. The Kier molecular flexibility index (Phi) is 1.85. The molecule has 1 aromatic heterocycles. The van der Waals surface area contributed by atoms with Gasteiger partial charge in [0.1, 0.15) is 0 Å². The molecule has 3 heteroatoms. The van der Waals surface area contributed by atoms with Gasteiger partial charge in [0.2, 0.25) is 0 Å². The first-order chi connectivity index (χ1) is 6.22. The molecule has 0 unspecified atom stereocenters. The molecule has 0 atom stereocenters. The van der Waals surface area contributed by atoms with E-state index in [2.05, 4.69) is 0 Å². The van der Waals surface area contributed by atoms with Crippen LogP contribution in [0, 0.1) is 0 Å². The van der Waals surface area contributed by atoms with Crippen LogP contribution in [0.5, 0.6) is 0 Å². The number of carbonyl (C=O) groups is 1. The van der Waals surface area contributed by atoms with Crippen molar-refractivity contribution in [2.24, 2.45) is 7.05 Å². The molecule has 0 N–H and O–H groups in total. The summed E-state index contributed by atoms with van der Waals surface area (Å²) in [7, 11) is 1.85. The second-order valence-electron chi connectivity index (χ2n) is 2.95. The Morgan fingerprint density at radius 1 is 1.38 bits per heavy atom. The number of fused-ring (bicyclic) bond motifs is 1. The molecular weight excluding hydrogens is 186 g/mol. The van der Waals surface area contributed by atoms with Crippen LogP contribution < -0.4 is 0 Å². The third-order valence-electron chi connectivity index (χ3n) is 2.17. The van der Waals surface area contributed by atoms with E-state index in [0.717, 1.165) is 17.2 Å². The van der Waals surface area contributed by atoms with Gasteiger partial charge in [-0.15, -0.1) is 0 Å². The van der Waals surface area contributed by atoms with Crippen molar-refractivity contribution in [2.75, 3.05) is 0 Å². The summed E-state index contributed by atoms with van der Waals surface area (Å²) >= 11 is 5.84. The Morgan fingerprint density at radius 2 is 2.15 bits per heavy atom. The number of hydrogen-bond acceptors (Lipinski definition) is 1. The quantitative estimate of drug-likeness (QED) is 0.639. The molecule has 66 valence electrons. The van der Waals surface area contributed by atoms with E-state index in [1.54, 1.807) is 0 Å². The molecule has 0 fully saturated rings. The Bertz CT molecular complexity index is 473. The van der Waals surface area contributed by atoms with E-state index in [9.17, 15) is 4.79 Å². The number of carbonyl (C=O) groups excluding carboxylic acids is 1. The van der Waals surface area contributed by atoms with Gasteiger partial charge in [0.05, 0.1) is 5.69 Å². The standard InChI is InChI=1S/C10H8ClNO/c1-12-9(6-13)4-7-2-3-8(11)5-10(7)12/h2-6H,1H3. The lowest BCUT2D eigenvalue weighted by atomic mass is 10.2. The molecule has 0 spiro atoms. The molecule has 0 saturated heterocycles. The summed E-state index contributed by atoms with van der Waals surface area (Å²) in [5.41, 5.74) is 1.65. The van der Waals surface area contributed by atoms with Crippen molar-refractivity contribution in [1.29, 1.82) is 0 Å². The number of aldehydes is 1. The lowest BCUT2D eigenvalue weighted by Gasteiger charge is -1.97. The van der Waals surface area contributed by atoms with Gasteiger partial charge < -0.3 is 4.57 Å². The van der Waals surface area contributed by atoms with Crippen LogP contribution in [0.25, 0.3) is 10.9 Å². The largest absolute Gasteiger partial charge is 0.341 e. The Hall–Kier alpha value is -1.28. The fourth-order valence-electron chi connectivity index (χ4n) is 1.44. The molecule has 0 saturated carbocycles. The summed E-state index contributed by atoms with van der Waals surface area (Å²) in [5, 5.41) is 1.72. The van der Waals surface area contributed by atoms with E-state index < -0.39 is 0 Å². The van der Waals surface area contributed by atoms with E-state index >= 15 is 0 Å². The lowest BCUT2D eigenvalue weighted by Crippen LogP contribution is -1.92. The summed E-state index contributed by atoms with van der Waals surface area (Å²) in [6, 6.07) is 7.42. The minimum absolute atomic E-state index is 0.664. The van der Waals surface area contributed by atoms with Crippen molar-refractivity contribution in [3.8, 4) is 0 Å². The summed E-state index contributed by atoms with van der Waals surface area (Å²) in [6.45, 7) is 0. The molecule has 0 bridgehead atoms. The predicted octanol–water partition coefficient (Wildman–Crippen LogP) is 2.64. The topological polar surface area (TPSA) is 22.0 Å². The Labute approximate surface area is 80.7 Å². The van der Waals surface area contributed by atoms with Gasteiger partial charge in [-0.05, 0) is 18.2 Å². The van der Waals surface area contributed by atoms with E-state index in [4.69, 9.17) is 11.6 Å². The molecule has 13 heavy (non-hydrogen) atoms. The monoisotopic (exact) mass is 193 g/mol. The van der Waals surface area contributed by atoms with Crippen molar-refractivity contribution in [3.63, 3.8) is 0 Å². The lowest BCUT2D eigenvalue weighted by molar-refractivity contribution is 0.111. The molecule has 1 aromatic carbocycles. The van der Waals surface area contributed by atoms with Crippen LogP contribution in [0.2, 0.25) is 5.02 Å². The predicted molar refractivity (Wildman–Crippen MR) is 53.3 cm³/mol. The van der Waals surface area contributed by atoms with Crippen LogP contribution in [-0.4, -0.2) is 10.9 Å². The van der Waals surface area contributed by atoms with Gasteiger partial charge in [-0.2, -0.15) is 0 Å². The van der Waals surface area contributed by atoms with Gasteiger partial charge in [0, 0.05) is 23.0 Å². The molecular formula is C10H8ClNO. The minimum atomic E-state index is 0.664. The first kappa shape index (κ1) is 8.32. The fraction of sp³-hybridized carbons (Fsp3) is 0.100. The summed E-state index contributed by atoms with van der Waals surface area (Å²) in [6.07, 6.45) is 0.841. The van der Waals surface area contributed by atoms with Gasteiger partial charge in [0.25, 0.3) is 0 Å². The molecule has 0 radical (unpaired) electrons. The zero-order valence-electron chi connectivity index (χ0n) is 7.12. The molecule has 2 aromatic rings. The highest BCUT2D eigenvalue weighted by Gasteiger charge is 2.04. The molecule has 0 aliphatic rings. The SMILES string of the molecule is Cn1c(C=O)cc2ccc(Cl)cc21. The van der Waals surface area contributed by atoms with Crippen LogP contribution in [-0.2, 0) is 7.05 Å². The van der Waals surface area contributed by atoms with Gasteiger partial charge >= 0.3 is 0 Å². The second kappa shape index (κ2) is 2.89. The molecule has 0 aliphatic heterocycles. The normalized spacial score (nSPS) is 10.6. The van der Waals surface area contributed by atoms with Crippen LogP contribution in [0.4, 0.5) is 0 Å². The van der Waals surface area contributed by atoms with E-state index in [-0.39, 0.29) is 0 Å². The van der Waals surface area contributed by atoms with Crippen molar-refractivity contribution < 1.29 is 4.79 Å². The van der Waals surface area contributed by atoms with E-state index in [0.29, 0.717) is 10.7 Å². The summed E-state index contributed by atoms with van der Waals surface area (Å²) in [4.78, 5) is 10.6. The number of halogens is 1. The molecule has 0 amide bonds. The fourth-order valence-corrected chi connectivity index (χ4v) is 1.60. The summed E-state index contributed by atoms with van der Waals surface area (Å²) < 4.78 is 1.83. The highest BCUT2D eigenvalue weighted by atomic mass is 35.5. The maximum Gasteiger partial charge on any atom is 0.166 e. The molecule has 2 rings (SSSR count). The molecule has 2 nitrogen and oxygen atoms in total. The molecule has 0 aliphatic carbocycles. The van der Waals surface area contributed by atoms with Crippen molar-refractivity contribution >= 4 is 28.8 Å². The number of nitrogens with zero attached hydrogens (tertiary/aromatic N) is 1. The van der Waals surface area contributed by atoms with Crippen LogP contribution in [0.15, 0.2) is 24.3 Å². The molecule has 1 heterocycles. The number of rotatable bonds is 1. The number of benzene rings is 1. The third kappa shape index (κ3) is 1.23. The number of hydrogen-bond donors (Lipinski definition) is 0. The number of aryl methyl sites for hydroxylation is 1. The zero-order valence-corrected chi connectivity index (χ0v) is 7.88. The zero-order chi connectivity index (χ0) is 9.42. The van der Waals surface area contributed by atoms with Crippen molar-refractivity contribution in [1.82, 2.24) is 4.57 Å². The highest BCUT2D eigenvalue weighted by molar-refractivity contribution is 6.31. The van der Waals surface area contributed by atoms with Crippen molar-refractivity contribution in [3.05, 3.63) is 35.0 Å². The van der Waals surface area contributed by atoms with Gasteiger partial charge in [-0.1, -0.05) is 17.7 Å². The van der Waals surface area contributed by atoms with Gasteiger partial charge in [-0.3, -0.25) is 4.79 Å². The van der Waals surface area contributed by atoms with Crippen LogP contribution in [0.1, 0.15) is 10.5 Å². The average molecular weight is 194 g/mol. The second-order valence-corrected chi connectivity index (χ2v) is 3.39. The summed E-state index contributed by atoms with van der Waals surface area (Å²) in [5.74, 6) is 0. The Morgan fingerprint density at radius 3 is 2.85 bits per heavy atom. The number of aromatic nitrogens is 1. The van der Waals surface area contributed by atoms with Gasteiger partial charge in [0.15, 0.2) is 6.29 Å². The van der Waals surface area contributed by atoms with E-state index in [1.165, 1.54) is 0 Å². The first-order valence-corrected chi connectivity index (χ1v) is 4.30. The van der Waals surface area contributed by atoms with Gasteiger partial charge in [-0.25, -0.2) is 0 Å². The highest BCUT2D eigenvalue weighted by Crippen LogP contribution is 2.21. The average Bonchev–Trinajstić information content (AvgIpc) is 2.44. The smallest absolute Gasteiger partial charge is 0.166 e. The maximum atomic E-state index is 10.6. The Balaban J connectivity index is 2.84. The van der Waals surface area contributed by atoms with Crippen molar-refractivity contribution in [2.45, 2.75) is 0 Å². The first-order valence-electron chi connectivity index (χ1n) is 3.92. The van der Waals surface area contributed by atoms with E-state index in [1.807, 2.05) is 35.9 Å². The van der Waals surface area contributed by atoms with Crippen LogP contribution in [0.3, 0.4) is 0 Å². The third-order valence-corrected chi connectivity index (χ3v) is 2.40. The maximum absolute atomic E-state index is 10.6. The van der Waals surface area contributed by atoms with Crippen LogP contribution >= 0.6 is 11.6 Å².